The van der Waals surface area contributed by atoms with Gasteiger partial charge in [-0.3, -0.25) is 0 Å². The Morgan fingerprint density at radius 3 is 0.882 bits per heavy atom. The molecule has 0 saturated heterocycles. The van der Waals surface area contributed by atoms with Gasteiger partial charge in [0, 0.05) is 0 Å². The number of phenolic OH excluding ortho intramolecular Hbond substituents is 2. The van der Waals surface area contributed by atoms with Crippen LogP contribution >= 0.6 is 6.83 Å². The Kier molecular flexibility index (Phi) is 9.02. The second-order valence-corrected chi connectivity index (χ2v) is 18.0. The molecule has 3 nitrogen and oxygen atoms in total. The number of hydrogen-bond acceptors (Lipinski definition) is 3. The van der Waals surface area contributed by atoms with Gasteiger partial charge in [-0.05, 0) is 0 Å². The summed E-state index contributed by atoms with van der Waals surface area (Å²) < 4.78 is 7.94. The van der Waals surface area contributed by atoms with Crippen molar-refractivity contribution in [3.63, 3.8) is 0 Å². The van der Waals surface area contributed by atoms with Gasteiger partial charge in [0.05, 0.1) is 0 Å². The van der Waals surface area contributed by atoms with Crippen LogP contribution in [-0.4, -0.2) is 10.2 Å². The van der Waals surface area contributed by atoms with Crippen molar-refractivity contribution < 1.29 is 14.7 Å². The Labute approximate surface area is 301 Å². The molecule has 0 atom stereocenters. The van der Waals surface area contributed by atoms with Gasteiger partial charge in [0.15, 0.2) is 0 Å². The third-order valence-electron chi connectivity index (χ3n) is 10.1. The molecule has 0 aliphatic carbocycles. The summed E-state index contributed by atoms with van der Waals surface area (Å²) in [5.74, 6) is 1.07. The number of aryl methyl sites for hydroxylation is 4. The van der Waals surface area contributed by atoms with E-state index in [1.165, 1.54) is 22.3 Å². The van der Waals surface area contributed by atoms with E-state index >= 15 is 0 Å². The van der Waals surface area contributed by atoms with Crippen LogP contribution in [0.25, 0.3) is 0 Å². The Balaban J connectivity index is 1.50. The molecule has 4 heteroatoms. The quantitative estimate of drug-likeness (QED) is 0.118. The number of aromatic hydroxyl groups is 2. The second kappa shape index (κ2) is 13.6. The summed E-state index contributed by atoms with van der Waals surface area (Å²) in [6, 6.07) is 58.7. The van der Waals surface area contributed by atoms with Crippen molar-refractivity contribution >= 4 is 28.0 Å². The van der Waals surface area contributed by atoms with E-state index < -0.39 is 6.83 Å². The summed E-state index contributed by atoms with van der Waals surface area (Å²) in [5.41, 5.74) is 7.87. The second-order valence-electron chi connectivity index (χ2n) is 13.7. The van der Waals surface area contributed by atoms with E-state index in [9.17, 15) is 10.2 Å². The summed E-state index contributed by atoms with van der Waals surface area (Å²) in [7, 11) is 0. The predicted molar refractivity (Wildman–Crippen MR) is 214 cm³/mol. The minimum atomic E-state index is -3.97. The van der Waals surface area contributed by atoms with Crippen molar-refractivity contribution in [2.75, 3.05) is 0 Å². The summed E-state index contributed by atoms with van der Waals surface area (Å²) in [5, 5.41) is 24.6. The molecular formula is C47H43O3P. The van der Waals surface area contributed by atoms with Crippen LogP contribution in [0, 0.1) is 27.7 Å². The Bertz CT molecular complexity index is 2000. The summed E-state index contributed by atoms with van der Waals surface area (Å²) >= 11 is 0. The van der Waals surface area contributed by atoms with Gasteiger partial charge in [0.1, 0.15) is 0 Å². The fourth-order valence-electron chi connectivity index (χ4n) is 7.27. The molecule has 0 unspecified atom stereocenters. The zero-order valence-electron chi connectivity index (χ0n) is 29.5. The van der Waals surface area contributed by atoms with Gasteiger partial charge < -0.3 is 0 Å². The summed E-state index contributed by atoms with van der Waals surface area (Å²) in [6.07, 6.45) is 0. The van der Waals surface area contributed by atoms with Crippen LogP contribution in [-0.2, 0) is 0 Å². The van der Waals surface area contributed by atoms with E-state index in [1.807, 2.05) is 24.3 Å². The van der Waals surface area contributed by atoms with Gasteiger partial charge in [-0.15, -0.1) is 0 Å². The number of hydrogen-bond donors (Lipinski definition) is 2. The first-order valence-corrected chi connectivity index (χ1v) is 19.5. The van der Waals surface area contributed by atoms with Crippen LogP contribution in [0.15, 0.2) is 170 Å². The number of phenols is 2. The standard InChI is InChI=1S/C47H43O3P/c1-33-5-25-43(26-6-33)51(44-27-7-34(2)8-28-44,45-29-9-35(3)10-30-45,46-31-11-36(4)12-32-46)50-42-23-17-39(18-24-42)47(37-13-19-40(48)20-14-37)38-15-21-41(49)22-16-38/h5-32,47-49H,1-4H3. The van der Waals surface area contributed by atoms with Crippen LogP contribution < -0.4 is 25.7 Å². The zero-order valence-corrected chi connectivity index (χ0v) is 30.4. The van der Waals surface area contributed by atoms with Gasteiger partial charge in [0.2, 0.25) is 0 Å². The predicted octanol–water partition coefficient (Wildman–Crippen LogP) is 9.66. The third kappa shape index (κ3) is 6.09. The molecule has 7 aromatic rings. The van der Waals surface area contributed by atoms with Gasteiger partial charge in [-0.2, -0.15) is 0 Å². The van der Waals surface area contributed by atoms with Crippen molar-refractivity contribution in [2.24, 2.45) is 0 Å². The van der Waals surface area contributed by atoms with E-state index in [2.05, 4.69) is 149 Å². The van der Waals surface area contributed by atoms with Gasteiger partial charge in [-0.25, -0.2) is 0 Å². The molecule has 0 amide bonds. The van der Waals surface area contributed by atoms with E-state index in [0.717, 1.165) is 43.7 Å². The van der Waals surface area contributed by atoms with Crippen molar-refractivity contribution in [3.8, 4) is 17.2 Å². The van der Waals surface area contributed by atoms with Crippen molar-refractivity contribution in [2.45, 2.75) is 33.6 Å². The van der Waals surface area contributed by atoms with E-state index in [1.54, 1.807) is 24.3 Å². The van der Waals surface area contributed by atoms with E-state index in [4.69, 9.17) is 4.52 Å². The molecule has 0 spiro atoms. The molecule has 51 heavy (non-hydrogen) atoms. The first-order chi connectivity index (χ1) is 24.7. The Hall–Kier alpha value is -5.63. The average molecular weight is 687 g/mol. The van der Waals surface area contributed by atoms with Gasteiger partial charge in [-0.1, -0.05) is 0 Å². The summed E-state index contributed by atoms with van der Waals surface area (Å²) in [6.45, 7) is 4.54. The fourth-order valence-corrected chi connectivity index (χ4v) is 12.9. The molecule has 0 aromatic heterocycles. The molecule has 0 aliphatic rings. The van der Waals surface area contributed by atoms with Crippen molar-refractivity contribution in [3.05, 3.63) is 209 Å². The average Bonchev–Trinajstić information content (AvgIpc) is 3.14. The maximum atomic E-state index is 10.1. The first kappa shape index (κ1) is 33.8. The minimum absolute atomic E-state index is 0.126. The van der Waals surface area contributed by atoms with E-state index in [-0.39, 0.29) is 17.4 Å². The van der Waals surface area contributed by atoms with Crippen molar-refractivity contribution in [1.82, 2.24) is 0 Å². The molecule has 0 saturated carbocycles. The molecule has 0 aliphatic heterocycles. The molecular weight excluding hydrogens is 643 g/mol. The normalized spacial score (nSPS) is 12.3. The number of benzene rings is 7. The summed E-state index contributed by atoms with van der Waals surface area (Å²) in [4.78, 5) is 0. The Morgan fingerprint density at radius 2 is 0.608 bits per heavy atom. The molecule has 0 heterocycles. The molecule has 7 rings (SSSR count). The van der Waals surface area contributed by atoms with Crippen LogP contribution in [0.5, 0.6) is 17.2 Å². The van der Waals surface area contributed by atoms with Gasteiger partial charge >= 0.3 is 302 Å². The maximum absolute atomic E-state index is 10.1. The van der Waals surface area contributed by atoms with Gasteiger partial charge in [0.25, 0.3) is 0 Å². The third-order valence-corrected chi connectivity index (χ3v) is 15.8. The van der Waals surface area contributed by atoms with Crippen molar-refractivity contribution in [1.29, 1.82) is 0 Å². The fraction of sp³-hybridized carbons (Fsp3) is 0.106. The molecule has 0 bridgehead atoms. The number of rotatable bonds is 9. The Morgan fingerprint density at radius 1 is 0.353 bits per heavy atom. The van der Waals surface area contributed by atoms with Crippen LogP contribution in [0.2, 0.25) is 0 Å². The zero-order chi connectivity index (χ0) is 35.6. The molecule has 0 radical (unpaired) electrons. The van der Waals surface area contributed by atoms with E-state index in [0.29, 0.717) is 0 Å². The van der Waals surface area contributed by atoms with Crippen LogP contribution in [0.4, 0.5) is 0 Å². The molecule has 254 valence electrons. The SMILES string of the molecule is Cc1ccc(P(Oc2ccc(C(c3ccc(O)cc3)c3ccc(O)cc3)cc2)(c2ccc(C)cc2)(c2ccc(C)cc2)c2ccc(C)cc2)cc1. The first-order valence-electron chi connectivity index (χ1n) is 17.3. The molecule has 7 aromatic carbocycles. The molecule has 2 N–H and O–H groups in total. The molecule has 0 fully saturated rings. The topological polar surface area (TPSA) is 49.7 Å². The van der Waals surface area contributed by atoms with Crippen LogP contribution in [0.1, 0.15) is 44.9 Å². The monoisotopic (exact) mass is 686 g/mol. The van der Waals surface area contributed by atoms with Crippen LogP contribution in [0.3, 0.4) is 0 Å².